The Labute approximate surface area is 242 Å². The lowest BCUT2D eigenvalue weighted by atomic mass is 9.76. The van der Waals surface area contributed by atoms with Crippen LogP contribution in [-0.2, 0) is 19.8 Å². The predicted molar refractivity (Wildman–Crippen MR) is 165 cm³/mol. The van der Waals surface area contributed by atoms with Crippen LogP contribution in [0.25, 0.3) is 0 Å². The van der Waals surface area contributed by atoms with Crippen LogP contribution in [0.15, 0.2) is 42.0 Å². The van der Waals surface area contributed by atoms with E-state index in [0.29, 0.717) is 18.7 Å². The summed E-state index contributed by atoms with van der Waals surface area (Å²) in [6.45, 7) is 17.0. The molecule has 0 spiro atoms. The normalized spacial score (nSPS) is 14.8. The van der Waals surface area contributed by atoms with Crippen molar-refractivity contribution in [3.8, 4) is 0 Å². The molecule has 1 rings (SSSR count). The van der Waals surface area contributed by atoms with E-state index in [-0.39, 0.29) is 29.7 Å². The van der Waals surface area contributed by atoms with Gasteiger partial charge in [-0.3, -0.25) is 14.4 Å². The molecule has 0 aliphatic rings. The van der Waals surface area contributed by atoms with Crippen LogP contribution in [0.1, 0.15) is 80.2 Å². The van der Waals surface area contributed by atoms with E-state index in [1.807, 2.05) is 84.9 Å². The van der Waals surface area contributed by atoms with Crippen molar-refractivity contribution in [2.75, 3.05) is 27.2 Å². The highest BCUT2D eigenvalue weighted by Gasteiger charge is 2.41. The fourth-order valence-electron chi connectivity index (χ4n) is 4.95. The van der Waals surface area contributed by atoms with Gasteiger partial charge in [0.1, 0.15) is 6.04 Å². The van der Waals surface area contributed by atoms with Crippen LogP contribution in [0.5, 0.6) is 0 Å². The Kier molecular flexibility index (Phi) is 14.1. The maximum Gasteiger partial charge on any atom is 0.246 e. The number of likely N-dealkylation sites (N-methyl/N-ethyl adjacent to an activating group) is 2. The van der Waals surface area contributed by atoms with Gasteiger partial charge in [-0.2, -0.15) is 0 Å². The molecule has 1 unspecified atom stereocenters. The molecule has 8 heteroatoms. The van der Waals surface area contributed by atoms with Crippen LogP contribution in [-0.4, -0.2) is 67.9 Å². The monoisotopic (exact) mass is 557 g/mol. The second-order valence-corrected chi connectivity index (χ2v) is 12.8. The number of nitrogens with one attached hydrogen (secondary N) is 3. The highest BCUT2D eigenvalue weighted by molar-refractivity contribution is 5.93. The third-order valence-electron chi connectivity index (χ3n) is 7.61. The molecule has 40 heavy (non-hydrogen) atoms. The summed E-state index contributed by atoms with van der Waals surface area (Å²) in [5, 5.41) is 9.21. The molecule has 0 heterocycles. The van der Waals surface area contributed by atoms with Gasteiger partial charge in [0.25, 0.3) is 0 Å². The first-order valence-corrected chi connectivity index (χ1v) is 14.6. The fraction of sp³-hybridized carbons (Fsp3) is 0.656. The largest absolute Gasteiger partial charge is 0.352 e. The standard InChI is InChI=1S/C32H55N5O3/c1-22(2)25(21-23(3)28(38)35-20-16-12-15-19-33)37(10)30(40)27(31(4,5)6)36-29(39)26(34-9)32(7,8)24-17-13-11-14-18-24/h11,13-14,17-18,21-22,25-27,34H,12,15-16,19-20,33H2,1-10H3,(H,35,38)(H,36,39)/b23-21+/t25-,26-,27?/m1/s1. The van der Waals surface area contributed by atoms with Gasteiger partial charge in [-0.15, -0.1) is 0 Å². The molecule has 0 aromatic heterocycles. The molecule has 1 aromatic rings. The maximum absolute atomic E-state index is 14.0. The number of amides is 3. The zero-order valence-corrected chi connectivity index (χ0v) is 26.6. The fourth-order valence-corrected chi connectivity index (χ4v) is 4.95. The third-order valence-corrected chi connectivity index (χ3v) is 7.61. The number of hydrogen-bond acceptors (Lipinski definition) is 5. The first-order chi connectivity index (χ1) is 18.6. The smallest absolute Gasteiger partial charge is 0.246 e. The Morgan fingerprint density at radius 3 is 2.08 bits per heavy atom. The summed E-state index contributed by atoms with van der Waals surface area (Å²) in [6.07, 6.45) is 4.65. The molecule has 8 nitrogen and oxygen atoms in total. The van der Waals surface area contributed by atoms with Gasteiger partial charge in [0, 0.05) is 24.6 Å². The number of nitrogens with zero attached hydrogens (tertiary/aromatic N) is 1. The molecule has 0 saturated heterocycles. The van der Waals surface area contributed by atoms with E-state index >= 15 is 0 Å². The summed E-state index contributed by atoms with van der Waals surface area (Å²) in [6, 6.07) is 8.24. The molecule has 3 atom stereocenters. The van der Waals surface area contributed by atoms with Crippen molar-refractivity contribution < 1.29 is 14.4 Å². The van der Waals surface area contributed by atoms with Crippen molar-refractivity contribution in [2.45, 2.75) is 98.2 Å². The second-order valence-electron chi connectivity index (χ2n) is 12.8. The van der Waals surface area contributed by atoms with Gasteiger partial charge in [0.2, 0.25) is 17.7 Å². The number of benzene rings is 1. The summed E-state index contributed by atoms with van der Waals surface area (Å²) in [5.74, 6) is -0.516. The summed E-state index contributed by atoms with van der Waals surface area (Å²) in [5.41, 5.74) is 6.07. The molecular formula is C32H55N5O3. The average molecular weight is 558 g/mol. The number of rotatable bonds is 15. The van der Waals surface area contributed by atoms with E-state index in [9.17, 15) is 14.4 Å². The highest BCUT2D eigenvalue weighted by atomic mass is 16.2. The molecule has 0 aliphatic carbocycles. The molecule has 0 bridgehead atoms. The molecular weight excluding hydrogens is 502 g/mol. The first kappa shape index (κ1) is 35.3. The van der Waals surface area contributed by atoms with Gasteiger partial charge < -0.3 is 26.6 Å². The molecule has 0 saturated carbocycles. The van der Waals surface area contributed by atoms with Crippen LogP contribution in [0.3, 0.4) is 0 Å². The van der Waals surface area contributed by atoms with Gasteiger partial charge in [-0.05, 0) is 50.3 Å². The van der Waals surface area contributed by atoms with E-state index in [1.165, 1.54) is 0 Å². The Morgan fingerprint density at radius 1 is 0.975 bits per heavy atom. The zero-order chi connectivity index (χ0) is 30.7. The van der Waals surface area contributed by atoms with Crippen molar-refractivity contribution in [3.05, 3.63) is 47.5 Å². The van der Waals surface area contributed by atoms with E-state index < -0.39 is 22.9 Å². The van der Waals surface area contributed by atoms with Crippen molar-refractivity contribution in [3.63, 3.8) is 0 Å². The van der Waals surface area contributed by atoms with Crippen LogP contribution in [0.4, 0.5) is 0 Å². The minimum atomic E-state index is -0.765. The quantitative estimate of drug-likeness (QED) is 0.194. The predicted octanol–water partition coefficient (Wildman–Crippen LogP) is 3.76. The Hall–Kier alpha value is -2.71. The lowest BCUT2D eigenvalue weighted by Gasteiger charge is -2.40. The highest BCUT2D eigenvalue weighted by Crippen LogP contribution is 2.29. The van der Waals surface area contributed by atoms with Gasteiger partial charge in [0.15, 0.2) is 0 Å². The number of carbonyl (C=O) groups is 3. The maximum atomic E-state index is 14.0. The SMILES string of the molecule is CN[C@H](C(=O)NC(C(=O)N(C)[C@H](/C=C(\C)C(=O)NCCCCCN)C(C)C)C(C)(C)C)C(C)(C)c1ccccc1. The third kappa shape index (κ3) is 10.0. The zero-order valence-electron chi connectivity index (χ0n) is 26.6. The summed E-state index contributed by atoms with van der Waals surface area (Å²) in [7, 11) is 3.51. The number of nitrogens with two attached hydrogens (primary N) is 1. The minimum Gasteiger partial charge on any atom is -0.352 e. The van der Waals surface area contributed by atoms with Gasteiger partial charge in [-0.1, -0.05) is 91.3 Å². The number of hydrogen-bond donors (Lipinski definition) is 4. The van der Waals surface area contributed by atoms with Crippen molar-refractivity contribution >= 4 is 17.7 Å². The average Bonchev–Trinajstić information content (AvgIpc) is 2.89. The molecule has 1 aromatic carbocycles. The van der Waals surface area contributed by atoms with Crippen LogP contribution >= 0.6 is 0 Å². The Bertz CT molecular complexity index is 982. The van der Waals surface area contributed by atoms with Crippen molar-refractivity contribution in [2.24, 2.45) is 17.1 Å². The van der Waals surface area contributed by atoms with E-state index in [0.717, 1.165) is 24.8 Å². The molecule has 0 aliphatic heterocycles. The lowest BCUT2D eigenvalue weighted by Crippen LogP contribution is -2.61. The molecule has 0 fully saturated rings. The molecule has 0 radical (unpaired) electrons. The Morgan fingerprint density at radius 2 is 1.57 bits per heavy atom. The summed E-state index contributed by atoms with van der Waals surface area (Å²) in [4.78, 5) is 42.1. The lowest BCUT2D eigenvalue weighted by molar-refractivity contribution is -0.140. The molecule has 5 N–H and O–H groups in total. The van der Waals surface area contributed by atoms with Gasteiger partial charge in [0.05, 0.1) is 12.1 Å². The molecule has 226 valence electrons. The number of unbranched alkanes of at least 4 members (excludes halogenated alkanes) is 2. The second kappa shape index (κ2) is 15.9. The minimum absolute atomic E-state index is 0.0552. The van der Waals surface area contributed by atoms with Gasteiger partial charge in [-0.25, -0.2) is 0 Å². The summed E-state index contributed by atoms with van der Waals surface area (Å²) < 4.78 is 0. The topological polar surface area (TPSA) is 117 Å². The number of carbonyl (C=O) groups excluding carboxylic acids is 3. The van der Waals surface area contributed by atoms with Crippen LogP contribution in [0.2, 0.25) is 0 Å². The van der Waals surface area contributed by atoms with Gasteiger partial charge >= 0.3 is 0 Å². The Balaban J connectivity index is 3.16. The van der Waals surface area contributed by atoms with Crippen molar-refractivity contribution in [1.82, 2.24) is 20.9 Å². The van der Waals surface area contributed by atoms with E-state index in [2.05, 4.69) is 16.0 Å². The van der Waals surface area contributed by atoms with E-state index in [1.54, 1.807) is 25.9 Å². The van der Waals surface area contributed by atoms with Crippen LogP contribution in [0, 0.1) is 11.3 Å². The van der Waals surface area contributed by atoms with Crippen molar-refractivity contribution in [1.29, 1.82) is 0 Å². The first-order valence-electron chi connectivity index (χ1n) is 14.6. The van der Waals surface area contributed by atoms with E-state index in [4.69, 9.17) is 5.73 Å². The molecule has 3 amide bonds. The summed E-state index contributed by atoms with van der Waals surface area (Å²) >= 11 is 0. The van der Waals surface area contributed by atoms with Crippen LogP contribution < -0.4 is 21.7 Å².